The molecule has 0 spiro atoms. The predicted octanol–water partition coefficient (Wildman–Crippen LogP) is 0.991. The van der Waals surface area contributed by atoms with Gasteiger partial charge in [0.25, 0.3) is 5.79 Å². The molecule has 0 aliphatic carbocycles. The van der Waals surface area contributed by atoms with Crippen LogP contribution in [-0.2, 0) is 25.7 Å². The van der Waals surface area contributed by atoms with Gasteiger partial charge in [0, 0.05) is 19.9 Å². The summed E-state index contributed by atoms with van der Waals surface area (Å²) in [5.41, 5.74) is -0.242. The molecule has 0 radical (unpaired) electrons. The van der Waals surface area contributed by atoms with E-state index in [0.717, 1.165) is 0 Å². The summed E-state index contributed by atoms with van der Waals surface area (Å²) in [5, 5.41) is 8.83. The van der Waals surface area contributed by atoms with Crippen LogP contribution in [0.5, 0.6) is 0 Å². The van der Waals surface area contributed by atoms with Crippen LogP contribution in [-0.4, -0.2) is 22.8 Å². The summed E-state index contributed by atoms with van der Waals surface area (Å²) < 4.78 is 15.0. The first-order valence-corrected chi connectivity index (χ1v) is 5.29. The molecule has 0 amide bonds. The van der Waals surface area contributed by atoms with Gasteiger partial charge in [0.2, 0.25) is 0 Å². The molecule has 0 bridgehead atoms. The molecule has 0 aromatic carbocycles. The number of furan rings is 1. The van der Waals surface area contributed by atoms with E-state index in [0.29, 0.717) is 5.76 Å². The van der Waals surface area contributed by atoms with Crippen molar-refractivity contribution in [3.63, 3.8) is 0 Å². The van der Waals surface area contributed by atoms with Crippen LogP contribution in [0.25, 0.3) is 6.08 Å². The molecule has 0 saturated carbocycles. The van der Waals surface area contributed by atoms with Crippen LogP contribution in [0.2, 0.25) is 0 Å². The van der Waals surface area contributed by atoms with E-state index in [1.54, 1.807) is 0 Å². The number of aliphatic hydroxyl groups excluding tert-OH is 1. The normalized spacial score (nSPS) is 18.3. The average Bonchev–Trinajstić information content (AvgIpc) is 2.70. The fourth-order valence-electron chi connectivity index (χ4n) is 1.48. The average molecular weight is 252 g/mol. The van der Waals surface area contributed by atoms with Crippen LogP contribution < -0.4 is 0 Å². The molecule has 1 fully saturated rings. The Balaban J connectivity index is 2.27. The van der Waals surface area contributed by atoms with Gasteiger partial charge < -0.3 is 19.0 Å². The first-order valence-electron chi connectivity index (χ1n) is 5.29. The molecule has 6 nitrogen and oxygen atoms in total. The standard InChI is InChI=1S/C12H12O6/c1-12(2)17-10(14)9(11(15)18-12)5-7-3-4-8(6-13)16-7/h3-5,13H,6H2,1-2H3. The second kappa shape index (κ2) is 4.30. The molecular formula is C12H12O6. The number of carbonyl (C=O) groups is 2. The van der Waals surface area contributed by atoms with Crippen LogP contribution in [0, 0.1) is 0 Å². The fraction of sp³-hybridized carbons (Fsp3) is 0.333. The van der Waals surface area contributed by atoms with Crippen molar-refractivity contribution < 1.29 is 28.6 Å². The highest BCUT2D eigenvalue weighted by atomic mass is 16.7. The van der Waals surface area contributed by atoms with Gasteiger partial charge >= 0.3 is 11.9 Å². The van der Waals surface area contributed by atoms with Crippen LogP contribution >= 0.6 is 0 Å². The van der Waals surface area contributed by atoms with Gasteiger partial charge in [-0.25, -0.2) is 9.59 Å². The molecule has 1 aromatic rings. The Bertz CT molecular complexity index is 500. The second-order valence-electron chi connectivity index (χ2n) is 4.20. The van der Waals surface area contributed by atoms with E-state index in [-0.39, 0.29) is 17.9 Å². The maximum atomic E-state index is 11.6. The third kappa shape index (κ3) is 2.43. The number of hydrogen-bond donors (Lipinski definition) is 1. The van der Waals surface area contributed by atoms with Crippen molar-refractivity contribution in [1.29, 1.82) is 0 Å². The molecule has 6 heteroatoms. The smallest absolute Gasteiger partial charge is 0.348 e. The van der Waals surface area contributed by atoms with Crippen LogP contribution in [0.3, 0.4) is 0 Å². The van der Waals surface area contributed by atoms with Gasteiger partial charge in [0.05, 0.1) is 0 Å². The molecule has 1 N–H and O–H groups in total. The number of rotatable bonds is 2. The largest absolute Gasteiger partial charge is 0.459 e. The van der Waals surface area contributed by atoms with Gasteiger partial charge in [-0.15, -0.1) is 0 Å². The lowest BCUT2D eigenvalue weighted by atomic mass is 10.2. The highest BCUT2D eigenvalue weighted by Gasteiger charge is 2.39. The van der Waals surface area contributed by atoms with Crippen molar-refractivity contribution in [3.05, 3.63) is 29.2 Å². The van der Waals surface area contributed by atoms with Gasteiger partial charge in [0.15, 0.2) is 0 Å². The quantitative estimate of drug-likeness (QED) is 0.480. The molecule has 1 aliphatic rings. The molecule has 1 saturated heterocycles. The third-order valence-electron chi connectivity index (χ3n) is 2.24. The summed E-state index contributed by atoms with van der Waals surface area (Å²) in [5.74, 6) is -2.19. The van der Waals surface area contributed by atoms with Crippen molar-refractivity contribution in [1.82, 2.24) is 0 Å². The van der Waals surface area contributed by atoms with Crippen molar-refractivity contribution >= 4 is 18.0 Å². The monoisotopic (exact) mass is 252 g/mol. The summed E-state index contributed by atoms with van der Waals surface area (Å²) >= 11 is 0. The summed E-state index contributed by atoms with van der Waals surface area (Å²) in [6.07, 6.45) is 1.22. The third-order valence-corrected chi connectivity index (χ3v) is 2.24. The van der Waals surface area contributed by atoms with Gasteiger partial charge in [-0.2, -0.15) is 0 Å². The first kappa shape index (κ1) is 12.4. The van der Waals surface area contributed by atoms with Crippen molar-refractivity contribution in [2.24, 2.45) is 0 Å². The topological polar surface area (TPSA) is 86.0 Å². The van der Waals surface area contributed by atoms with E-state index in [9.17, 15) is 9.59 Å². The van der Waals surface area contributed by atoms with E-state index in [1.807, 2.05) is 0 Å². The number of ether oxygens (including phenoxy) is 2. The Morgan fingerprint density at radius 1 is 1.22 bits per heavy atom. The Morgan fingerprint density at radius 3 is 2.33 bits per heavy atom. The van der Waals surface area contributed by atoms with Crippen molar-refractivity contribution in [2.75, 3.05) is 0 Å². The molecular weight excluding hydrogens is 240 g/mol. The van der Waals surface area contributed by atoms with E-state index in [1.165, 1.54) is 32.1 Å². The van der Waals surface area contributed by atoms with E-state index in [4.69, 9.17) is 19.0 Å². The molecule has 96 valence electrons. The number of carbonyl (C=O) groups excluding carboxylic acids is 2. The number of aliphatic hydroxyl groups is 1. The predicted molar refractivity (Wildman–Crippen MR) is 58.9 cm³/mol. The minimum atomic E-state index is -1.26. The molecule has 2 rings (SSSR count). The minimum Gasteiger partial charge on any atom is -0.459 e. The van der Waals surface area contributed by atoms with Crippen LogP contribution in [0.15, 0.2) is 22.1 Å². The summed E-state index contributed by atoms with van der Waals surface area (Å²) in [7, 11) is 0. The van der Waals surface area contributed by atoms with E-state index in [2.05, 4.69) is 0 Å². The molecule has 1 aliphatic heterocycles. The second-order valence-corrected chi connectivity index (χ2v) is 4.20. The maximum absolute atomic E-state index is 11.6. The minimum absolute atomic E-state index is 0.242. The van der Waals surface area contributed by atoms with Gasteiger partial charge in [-0.3, -0.25) is 0 Å². The summed E-state index contributed by atoms with van der Waals surface area (Å²) in [4.78, 5) is 23.2. The van der Waals surface area contributed by atoms with E-state index >= 15 is 0 Å². The Kier molecular flexibility index (Phi) is 2.96. The van der Waals surface area contributed by atoms with Crippen molar-refractivity contribution in [3.8, 4) is 0 Å². The zero-order chi connectivity index (χ0) is 13.3. The van der Waals surface area contributed by atoms with Crippen LogP contribution in [0.4, 0.5) is 0 Å². The Labute approximate surface area is 103 Å². The van der Waals surface area contributed by atoms with Gasteiger partial charge in [0.1, 0.15) is 23.7 Å². The molecule has 1 aromatic heterocycles. The highest BCUT2D eigenvalue weighted by molar-refractivity contribution is 6.18. The first-order chi connectivity index (χ1) is 8.41. The summed E-state index contributed by atoms with van der Waals surface area (Å²) in [6.45, 7) is 2.68. The lowest BCUT2D eigenvalue weighted by Crippen LogP contribution is -2.41. The molecule has 0 atom stereocenters. The highest BCUT2D eigenvalue weighted by Crippen LogP contribution is 2.24. The van der Waals surface area contributed by atoms with E-state index < -0.39 is 17.7 Å². The molecule has 18 heavy (non-hydrogen) atoms. The lowest BCUT2D eigenvalue weighted by molar-refractivity contribution is -0.222. The SMILES string of the molecule is CC1(C)OC(=O)C(=Cc2ccc(CO)o2)C(=O)O1. The molecule has 0 unspecified atom stereocenters. The van der Waals surface area contributed by atoms with Crippen LogP contribution in [0.1, 0.15) is 25.4 Å². The van der Waals surface area contributed by atoms with Gasteiger partial charge in [-0.05, 0) is 12.1 Å². The lowest BCUT2D eigenvalue weighted by Gasteiger charge is -2.29. The summed E-state index contributed by atoms with van der Waals surface area (Å²) in [6, 6.07) is 3.06. The number of cyclic esters (lactones) is 2. The van der Waals surface area contributed by atoms with Crippen molar-refractivity contribution in [2.45, 2.75) is 26.2 Å². The Morgan fingerprint density at radius 2 is 1.83 bits per heavy atom. The number of esters is 2. The molecule has 2 heterocycles. The van der Waals surface area contributed by atoms with Gasteiger partial charge in [-0.1, -0.05) is 0 Å². The zero-order valence-electron chi connectivity index (χ0n) is 9.93. The Hall–Kier alpha value is -2.08. The zero-order valence-corrected chi connectivity index (χ0v) is 9.93. The maximum Gasteiger partial charge on any atom is 0.348 e. The number of hydrogen-bond acceptors (Lipinski definition) is 6. The fourth-order valence-corrected chi connectivity index (χ4v) is 1.48.